The van der Waals surface area contributed by atoms with Crippen molar-refractivity contribution < 1.29 is 14.3 Å². The summed E-state index contributed by atoms with van der Waals surface area (Å²) < 4.78 is 5.39. The van der Waals surface area contributed by atoms with Gasteiger partial charge in [-0.25, -0.2) is 0 Å². The van der Waals surface area contributed by atoms with E-state index in [0.29, 0.717) is 11.8 Å². The van der Waals surface area contributed by atoms with Crippen LogP contribution in [-0.2, 0) is 14.3 Å². The molecular weight excluding hydrogens is 240 g/mol. The van der Waals surface area contributed by atoms with Crippen molar-refractivity contribution in [3.63, 3.8) is 0 Å². The minimum Gasteiger partial charge on any atom is -0.462 e. The zero-order valence-electron chi connectivity index (χ0n) is 11.9. The molecular formula is C16H22O3. The quantitative estimate of drug-likeness (QED) is 0.539. The number of cyclic esters (lactones) is 1. The maximum atomic E-state index is 12.1. The van der Waals surface area contributed by atoms with E-state index in [1.807, 2.05) is 6.92 Å². The largest absolute Gasteiger partial charge is 0.462 e. The van der Waals surface area contributed by atoms with Crippen LogP contribution in [0, 0.1) is 29.6 Å². The van der Waals surface area contributed by atoms with Gasteiger partial charge in [-0.2, -0.15) is 0 Å². The van der Waals surface area contributed by atoms with Crippen LogP contribution < -0.4 is 0 Å². The van der Waals surface area contributed by atoms with Gasteiger partial charge in [-0.05, 0) is 44.9 Å². The number of carbonyl (C=O) groups excluding carboxylic acids is 2. The van der Waals surface area contributed by atoms with Crippen LogP contribution in [0.3, 0.4) is 0 Å². The second-order valence-electron chi connectivity index (χ2n) is 6.62. The third kappa shape index (κ3) is 1.94. The van der Waals surface area contributed by atoms with Crippen LogP contribution in [0.2, 0.25) is 0 Å². The van der Waals surface area contributed by atoms with Gasteiger partial charge in [-0.1, -0.05) is 18.6 Å². The first kappa shape index (κ1) is 12.9. The molecule has 0 radical (unpaired) electrons. The monoisotopic (exact) mass is 262 g/mol. The van der Waals surface area contributed by atoms with E-state index in [1.165, 1.54) is 12.0 Å². The third-order valence-electron chi connectivity index (χ3n) is 5.27. The van der Waals surface area contributed by atoms with Crippen LogP contribution in [0.4, 0.5) is 0 Å². The summed E-state index contributed by atoms with van der Waals surface area (Å²) in [4.78, 5) is 24.1. The van der Waals surface area contributed by atoms with Crippen molar-refractivity contribution >= 4 is 11.8 Å². The molecule has 0 N–H and O–H groups in total. The fourth-order valence-electron chi connectivity index (χ4n) is 4.44. The van der Waals surface area contributed by atoms with Gasteiger partial charge in [0.25, 0.3) is 0 Å². The number of allylic oxidation sites excluding steroid dienone is 1. The Morgan fingerprint density at radius 1 is 1.32 bits per heavy atom. The van der Waals surface area contributed by atoms with E-state index in [0.717, 1.165) is 12.8 Å². The van der Waals surface area contributed by atoms with Crippen LogP contribution in [0.1, 0.15) is 40.0 Å². The van der Waals surface area contributed by atoms with Crippen LogP contribution in [0.15, 0.2) is 11.6 Å². The highest BCUT2D eigenvalue weighted by Crippen LogP contribution is 2.50. The van der Waals surface area contributed by atoms with E-state index < -0.39 is 0 Å². The average molecular weight is 262 g/mol. The van der Waals surface area contributed by atoms with Gasteiger partial charge in [0.05, 0.1) is 5.92 Å². The first-order chi connectivity index (χ1) is 8.99. The Hall–Kier alpha value is -1.12. The van der Waals surface area contributed by atoms with Gasteiger partial charge in [0.15, 0.2) is 0 Å². The molecule has 1 unspecified atom stereocenters. The number of fused-ring (bicyclic) bond motifs is 2. The molecule has 0 spiro atoms. The summed E-state index contributed by atoms with van der Waals surface area (Å²) >= 11 is 0. The van der Waals surface area contributed by atoms with Gasteiger partial charge in [0.1, 0.15) is 11.9 Å². The molecule has 19 heavy (non-hydrogen) atoms. The van der Waals surface area contributed by atoms with E-state index in [9.17, 15) is 9.59 Å². The third-order valence-corrected chi connectivity index (χ3v) is 5.27. The molecule has 6 atom stereocenters. The first-order valence-corrected chi connectivity index (χ1v) is 7.40. The Bertz CT molecular complexity index is 451. The lowest BCUT2D eigenvalue weighted by Crippen LogP contribution is -2.42. The Morgan fingerprint density at radius 2 is 2.05 bits per heavy atom. The predicted octanol–water partition coefficient (Wildman–Crippen LogP) is 2.75. The van der Waals surface area contributed by atoms with Crippen molar-refractivity contribution in [1.29, 1.82) is 0 Å². The molecule has 2 fully saturated rings. The molecule has 1 saturated heterocycles. The number of hydrogen-bond acceptors (Lipinski definition) is 3. The zero-order chi connectivity index (χ0) is 13.7. The summed E-state index contributed by atoms with van der Waals surface area (Å²) in [6, 6.07) is 0. The minimum atomic E-state index is -0.180. The summed E-state index contributed by atoms with van der Waals surface area (Å²) in [5.41, 5.74) is 1.34. The van der Waals surface area contributed by atoms with Crippen molar-refractivity contribution in [2.75, 3.05) is 0 Å². The van der Waals surface area contributed by atoms with Gasteiger partial charge in [0.2, 0.25) is 0 Å². The molecule has 104 valence electrons. The summed E-state index contributed by atoms with van der Waals surface area (Å²) in [6.07, 6.45) is 5.33. The number of Topliss-reactive ketones (excluding diaryl/α,β-unsaturated/α-hetero) is 1. The number of carbonyl (C=O) groups is 2. The SMILES string of the molecule is CC(=O)C1[C@@H]2[C@@H](C)OC(=O)[C@@H]2C=C2C[C@H](C)CC[C@H]21. The molecule has 3 nitrogen and oxygen atoms in total. The van der Waals surface area contributed by atoms with E-state index in [-0.39, 0.29) is 35.6 Å². The molecule has 3 rings (SSSR count). The second-order valence-corrected chi connectivity index (χ2v) is 6.62. The normalized spacial score (nSPS) is 45.0. The predicted molar refractivity (Wildman–Crippen MR) is 71.3 cm³/mol. The lowest BCUT2D eigenvalue weighted by molar-refractivity contribution is -0.142. The molecule has 0 aromatic heterocycles. The number of hydrogen-bond donors (Lipinski definition) is 0. The molecule has 1 aliphatic heterocycles. The van der Waals surface area contributed by atoms with E-state index in [4.69, 9.17) is 4.74 Å². The summed E-state index contributed by atoms with van der Waals surface area (Å²) in [7, 11) is 0. The fraction of sp³-hybridized carbons (Fsp3) is 0.750. The van der Waals surface area contributed by atoms with Crippen molar-refractivity contribution in [3.8, 4) is 0 Å². The van der Waals surface area contributed by atoms with Gasteiger partial charge in [0, 0.05) is 11.8 Å². The number of ether oxygens (including phenoxy) is 1. The summed E-state index contributed by atoms with van der Waals surface area (Å²) in [5.74, 6) is 0.984. The smallest absolute Gasteiger partial charge is 0.313 e. The van der Waals surface area contributed by atoms with E-state index >= 15 is 0 Å². The Balaban J connectivity index is 2.02. The van der Waals surface area contributed by atoms with Gasteiger partial charge in [-0.15, -0.1) is 0 Å². The second kappa shape index (κ2) is 4.46. The number of esters is 1. The fourth-order valence-corrected chi connectivity index (χ4v) is 4.44. The average Bonchev–Trinajstić information content (AvgIpc) is 2.61. The van der Waals surface area contributed by atoms with Crippen molar-refractivity contribution in [2.45, 2.75) is 46.1 Å². The van der Waals surface area contributed by atoms with Crippen molar-refractivity contribution in [2.24, 2.45) is 29.6 Å². The summed E-state index contributed by atoms with van der Waals surface area (Å²) in [5, 5.41) is 0. The van der Waals surface area contributed by atoms with Crippen LogP contribution in [-0.4, -0.2) is 17.9 Å². The molecule has 3 aliphatic rings. The van der Waals surface area contributed by atoms with Gasteiger partial charge in [-0.3, -0.25) is 9.59 Å². The summed E-state index contributed by atoms with van der Waals surface area (Å²) in [6.45, 7) is 5.86. The zero-order valence-corrected chi connectivity index (χ0v) is 11.9. The molecule has 1 saturated carbocycles. The molecule has 0 amide bonds. The number of ketones is 1. The van der Waals surface area contributed by atoms with Crippen LogP contribution in [0.25, 0.3) is 0 Å². The van der Waals surface area contributed by atoms with Crippen LogP contribution >= 0.6 is 0 Å². The Labute approximate surface area is 114 Å². The highest BCUT2D eigenvalue weighted by molar-refractivity contribution is 5.84. The Morgan fingerprint density at radius 3 is 2.74 bits per heavy atom. The highest BCUT2D eigenvalue weighted by atomic mass is 16.6. The topological polar surface area (TPSA) is 43.4 Å². The molecule has 2 aliphatic carbocycles. The molecule has 0 aromatic rings. The van der Waals surface area contributed by atoms with E-state index in [1.54, 1.807) is 6.92 Å². The van der Waals surface area contributed by atoms with Gasteiger partial charge < -0.3 is 4.74 Å². The lowest BCUT2D eigenvalue weighted by atomic mass is 9.60. The van der Waals surface area contributed by atoms with E-state index in [2.05, 4.69) is 13.0 Å². The van der Waals surface area contributed by atoms with Crippen LogP contribution in [0.5, 0.6) is 0 Å². The Kier molecular flexibility index (Phi) is 3.03. The highest BCUT2D eigenvalue weighted by Gasteiger charge is 2.53. The maximum Gasteiger partial charge on any atom is 0.313 e. The first-order valence-electron chi connectivity index (χ1n) is 7.40. The molecule has 0 bridgehead atoms. The molecule has 1 heterocycles. The van der Waals surface area contributed by atoms with Gasteiger partial charge >= 0.3 is 5.97 Å². The number of rotatable bonds is 1. The molecule has 0 aromatic carbocycles. The standard InChI is InChI=1S/C16H22O3/c1-8-4-5-12-11(6-8)7-13-15(14(12)9(2)17)10(3)19-16(13)18/h7-8,10,12-15H,4-6H2,1-3H3/t8-,10-,12-,13-,14?,15-/m1/s1. The minimum absolute atomic E-state index is 0.0149. The molecule has 3 heteroatoms. The van der Waals surface area contributed by atoms with Crippen molar-refractivity contribution in [3.05, 3.63) is 11.6 Å². The lowest BCUT2D eigenvalue weighted by Gasteiger charge is -2.42. The maximum absolute atomic E-state index is 12.1. The van der Waals surface area contributed by atoms with Crippen molar-refractivity contribution in [1.82, 2.24) is 0 Å².